The number of pyridine rings is 1. The van der Waals surface area contributed by atoms with Crippen LogP contribution in [0.1, 0.15) is 25.5 Å². The third-order valence-corrected chi connectivity index (χ3v) is 7.38. The van der Waals surface area contributed by atoms with Crippen molar-refractivity contribution in [3.63, 3.8) is 0 Å². The van der Waals surface area contributed by atoms with E-state index in [1.807, 2.05) is 62.4 Å². The zero-order valence-electron chi connectivity index (χ0n) is 23.8. The summed E-state index contributed by atoms with van der Waals surface area (Å²) in [6.07, 6.45) is 7.53. The number of carboxylic acid groups (broad SMARTS) is 1. The molecule has 0 fully saturated rings. The molecule has 0 saturated heterocycles. The fourth-order valence-corrected chi connectivity index (χ4v) is 4.69. The molecule has 0 saturated carbocycles. The molecule has 1 atom stereocenters. The van der Waals surface area contributed by atoms with E-state index >= 15 is 0 Å². The summed E-state index contributed by atoms with van der Waals surface area (Å²) in [5.74, 6) is 0.683. The third-order valence-electron chi connectivity index (χ3n) is 5.99. The lowest BCUT2D eigenvalue weighted by atomic mass is 10.00. The van der Waals surface area contributed by atoms with Gasteiger partial charge in [0, 0.05) is 35.6 Å². The van der Waals surface area contributed by atoms with Gasteiger partial charge in [0.05, 0.1) is 13.7 Å². The first kappa shape index (κ1) is 30.1. The molecular weight excluding hydrogens is 514 g/mol. The van der Waals surface area contributed by atoms with Gasteiger partial charge in [0.15, 0.2) is 11.8 Å². The molecule has 39 heavy (non-hydrogen) atoms. The molecule has 2 aromatic heterocycles. The second-order valence-corrected chi connectivity index (χ2v) is 14.1. The number of para-hydroxylation sites is 1. The summed E-state index contributed by atoms with van der Waals surface area (Å²) in [4.78, 5) is 16.4. The molecule has 0 aliphatic carbocycles. The average molecular weight is 554 g/mol. The maximum Gasteiger partial charge on any atom is 0.337 e. The van der Waals surface area contributed by atoms with E-state index in [-0.39, 0.29) is 6.73 Å². The molecule has 1 unspecified atom stereocenters. The standard InChI is InChI=1S/C28H33N3O5S.C2H6/c1-34-24-12-7-6-11-22(24)25-23-16-21(19-9-8-10-20(15-19)26(35-2)28(32)33)17-29-27(23)31(30-25)18-36-13-14-37(3,4)5;1-2/h6-12,15-17,26H,13-14,18H2,1-5H3,(H,32,33);1-2H3. The number of rotatable bonds is 11. The zero-order chi connectivity index (χ0) is 28.6. The van der Waals surface area contributed by atoms with Crippen LogP contribution >= 0.6 is 10.0 Å². The Kier molecular flexibility index (Phi) is 10.5. The van der Waals surface area contributed by atoms with Gasteiger partial charge in [-0.25, -0.2) is 24.5 Å². The van der Waals surface area contributed by atoms with E-state index in [1.165, 1.54) is 7.11 Å². The number of carbonyl (C=O) groups is 1. The van der Waals surface area contributed by atoms with Crippen molar-refractivity contribution in [2.45, 2.75) is 26.7 Å². The van der Waals surface area contributed by atoms with Gasteiger partial charge in [-0.15, -0.1) is 0 Å². The van der Waals surface area contributed by atoms with Gasteiger partial charge in [-0.05, 0) is 54.2 Å². The van der Waals surface area contributed by atoms with Crippen LogP contribution in [0.2, 0.25) is 0 Å². The van der Waals surface area contributed by atoms with Crippen molar-refractivity contribution in [2.75, 3.05) is 45.3 Å². The Balaban J connectivity index is 0.00000205. The molecule has 0 bridgehead atoms. The van der Waals surface area contributed by atoms with Gasteiger partial charge in [-0.1, -0.05) is 44.2 Å². The fourth-order valence-electron chi connectivity index (χ4n) is 4.07. The molecule has 0 radical (unpaired) electrons. The number of benzene rings is 2. The predicted molar refractivity (Wildman–Crippen MR) is 160 cm³/mol. The zero-order valence-corrected chi connectivity index (χ0v) is 24.6. The Morgan fingerprint density at radius 1 is 1.03 bits per heavy atom. The highest BCUT2D eigenvalue weighted by Crippen LogP contribution is 2.36. The van der Waals surface area contributed by atoms with Gasteiger partial charge in [-0.2, -0.15) is 5.10 Å². The van der Waals surface area contributed by atoms with Crippen molar-refractivity contribution in [3.05, 3.63) is 66.4 Å². The predicted octanol–water partition coefficient (Wildman–Crippen LogP) is 6.24. The molecule has 4 aromatic rings. The maximum absolute atomic E-state index is 11.6. The molecule has 1 N–H and O–H groups in total. The first-order valence-corrected chi connectivity index (χ1v) is 15.8. The number of aliphatic carboxylic acids is 1. The number of methoxy groups -OCH3 is 2. The molecular formula is C30H39N3O5S. The molecule has 4 rings (SSSR count). The van der Waals surface area contributed by atoms with Crippen LogP contribution in [-0.4, -0.2) is 71.2 Å². The van der Waals surface area contributed by atoms with E-state index in [1.54, 1.807) is 24.1 Å². The molecule has 0 spiro atoms. The second kappa shape index (κ2) is 13.6. The van der Waals surface area contributed by atoms with E-state index < -0.39 is 22.1 Å². The summed E-state index contributed by atoms with van der Waals surface area (Å²) in [6.45, 7) is 4.94. The van der Waals surface area contributed by atoms with E-state index in [4.69, 9.17) is 24.3 Å². The lowest BCUT2D eigenvalue weighted by Crippen LogP contribution is -2.13. The number of carboxylic acids is 1. The van der Waals surface area contributed by atoms with E-state index in [0.717, 1.165) is 33.5 Å². The van der Waals surface area contributed by atoms with Crippen LogP contribution < -0.4 is 4.74 Å². The van der Waals surface area contributed by atoms with Gasteiger partial charge in [-0.3, -0.25) is 0 Å². The Hall–Kier alpha value is -3.40. The maximum atomic E-state index is 11.6. The third kappa shape index (κ3) is 7.38. The Bertz CT molecular complexity index is 1400. The minimum Gasteiger partial charge on any atom is -0.496 e. The van der Waals surface area contributed by atoms with Gasteiger partial charge >= 0.3 is 5.97 Å². The van der Waals surface area contributed by atoms with Crippen molar-refractivity contribution < 1.29 is 24.1 Å². The van der Waals surface area contributed by atoms with Crippen molar-refractivity contribution in [1.29, 1.82) is 0 Å². The monoisotopic (exact) mass is 553 g/mol. The summed E-state index contributed by atoms with van der Waals surface area (Å²) in [5, 5.41) is 15.2. The highest BCUT2D eigenvalue weighted by Gasteiger charge is 2.21. The molecule has 2 aromatic carbocycles. The van der Waals surface area contributed by atoms with Crippen LogP contribution in [0.5, 0.6) is 5.75 Å². The number of aromatic nitrogens is 3. The normalized spacial score (nSPS) is 12.5. The molecule has 8 nitrogen and oxygen atoms in total. The number of hydrogen-bond acceptors (Lipinski definition) is 6. The molecule has 0 amide bonds. The van der Waals surface area contributed by atoms with Crippen molar-refractivity contribution >= 4 is 27.0 Å². The van der Waals surface area contributed by atoms with Gasteiger partial charge in [0.25, 0.3) is 0 Å². The van der Waals surface area contributed by atoms with Crippen LogP contribution in [0.25, 0.3) is 33.4 Å². The molecule has 2 heterocycles. The van der Waals surface area contributed by atoms with Crippen LogP contribution in [0.3, 0.4) is 0 Å². The lowest BCUT2D eigenvalue weighted by molar-refractivity contribution is -0.148. The van der Waals surface area contributed by atoms with Crippen LogP contribution in [-0.2, 0) is 21.0 Å². The summed E-state index contributed by atoms with van der Waals surface area (Å²) in [7, 11) is 2.37. The number of ether oxygens (including phenoxy) is 3. The molecule has 0 aliphatic heterocycles. The van der Waals surface area contributed by atoms with Crippen LogP contribution in [0.4, 0.5) is 0 Å². The topological polar surface area (TPSA) is 95.7 Å². The minimum absolute atomic E-state index is 0.289. The highest BCUT2D eigenvalue weighted by atomic mass is 32.3. The van der Waals surface area contributed by atoms with Crippen molar-refractivity contribution in [3.8, 4) is 28.1 Å². The van der Waals surface area contributed by atoms with Gasteiger partial charge < -0.3 is 19.3 Å². The first-order valence-electron chi connectivity index (χ1n) is 12.8. The molecule has 9 heteroatoms. The van der Waals surface area contributed by atoms with Crippen LogP contribution in [0, 0.1) is 0 Å². The number of nitrogens with zero attached hydrogens (tertiary/aromatic N) is 3. The van der Waals surface area contributed by atoms with Crippen LogP contribution in [0.15, 0.2) is 60.8 Å². The Labute approximate surface area is 232 Å². The summed E-state index contributed by atoms with van der Waals surface area (Å²) in [6, 6.07) is 17.1. The number of fused-ring (bicyclic) bond motifs is 1. The Morgan fingerprint density at radius 3 is 2.44 bits per heavy atom. The number of hydrogen-bond donors (Lipinski definition) is 1. The molecule has 210 valence electrons. The van der Waals surface area contributed by atoms with E-state index in [9.17, 15) is 9.90 Å². The summed E-state index contributed by atoms with van der Waals surface area (Å²) >= 11 is 0. The van der Waals surface area contributed by atoms with Gasteiger partial charge in [0.2, 0.25) is 0 Å². The largest absolute Gasteiger partial charge is 0.496 e. The second-order valence-electron chi connectivity index (χ2n) is 9.56. The Morgan fingerprint density at radius 2 is 1.77 bits per heavy atom. The molecule has 0 aliphatic rings. The SMILES string of the molecule is CC.COc1ccccc1-c1nn(COCCS(C)(C)C)c2ncc(-c3cccc(C(OC)C(=O)O)c3)cc12. The average Bonchev–Trinajstić information content (AvgIpc) is 3.29. The highest BCUT2D eigenvalue weighted by molar-refractivity contribution is 8.32. The fraction of sp³-hybridized carbons (Fsp3) is 0.367. The lowest BCUT2D eigenvalue weighted by Gasteiger charge is -2.24. The van der Waals surface area contributed by atoms with E-state index in [0.29, 0.717) is 23.6 Å². The summed E-state index contributed by atoms with van der Waals surface area (Å²) in [5.41, 5.74) is 4.52. The van der Waals surface area contributed by atoms with E-state index in [2.05, 4.69) is 18.8 Å². The van der Waals surface area contributed by atoms with Crippen molar-refractivity contribution in [1.82, 2.24) is 14.8 Å². The van der Waals surface area contributed by atoms with Gasteiger partial charge in [0.1, 0.15) is 18.2 Å². The minimum atomic E-state index is -1.05. The first-order chi connectivity index (χ1) is 18.7. The van der Waals surface area contributed by atoms with Crippen molar-refractivity contribution in [2.24, 2.45) is 0 Å². The smallest absolute Gasteiger partial charge is 0.337 e. The quantitative estimate of drug-likeness (QED) is 0.220. The summed E-state index contributed by atoms with van der Waals surface area (Å²) < 4.78 is 18.6.